The number of hydrogen-bond acceptors (Lipinski definition) is 4. The fraction of sp³-hybridized carbons (Fsp3) is 0.158. The average Bonchev–Trinajstić information content (AvgIpc) is 2.99. The van der Waals surface area contributed by atoms with Crippen LogP contribution in [0.15, 0.2) is 54.0 Å². The van der Waals surface area contributed by atoms with E-state index in [9.17, 15) is 4.79 Å². The van der Waals surface area contributed by atoms with Crippen molar-refractivity contribution in [2.24, 2.45) is 4.99 Å². The van der Waals surface area contributed by atoms with Gasteiger partial charge in [-0.2, -0.15) is 4.99 Å². The van der Waals surface area contributed by atoms with Gasteiger partial charge in [-0.3, -0.25) is 4.79 Å². The molecule has 0 N–H and O–H groups in total. The highest BCUT2D eigenvalue weighted by Crippen LogP contribution is 2.27. The first-order valence-corrected chi connectivity index (χ1v) is 8.98. The molecule has 2 aromatic carbocycles. The Morgan fingerprint density at radius 3 is 2.81 bits per heavy atom. The number of aromatic nitrogens is 1. The molecule has 0 saturated heterocycles. The van der Waals surface area contributed by atoms with Crippen LogP contribution in [0.1, 0.15) is 10.4 Å². The number of ether oxygens (including phenoxy) is 2. The summed E-state index contributed by atoms with van der Waals surface area (Å²) in [5, 5.41) is 0.608. The van der Waals surface area contributed by atoms with E-state index in [1.165, 1.54) is 18.4 Å². The number of hydrogen-bond donors (Lipinski definition) is 0. The van der Waals surface area contributed by atoms with E-state index < -0.39 is 5.91 Å². The molecule has 26 heavy (non-hydrogen) atoms. The molecule has 3 aromatic rings. The van der Waals surface area contributed by atoms with Crippen LogP contribution < -0.4 is 14.3 Å². The zero-order valence-electron chi connectivity index (χ0n) is 14.4. The minimum atomic E-state index is -0.398. The molecule has 0 bridgehead atoms. The van der Waals surface area contributed by atoms with E-state index in [1.807, 2.05) is 22.8 Å². The molecular formula is C19H17ClN2O3S. The van der Waals surface area contributed by atoms with Crippen LogP contribution in [0.25, 0.3) is 10.2 Å². The third kappa shape index (κ3) is 3.38. The minimum absolute atomic E-state index is 0.363. The van der Waals surface area contributed by atoms with Gasteiger partial charge >= 0.3 is 0 Å². The number of halogens is 1. The summed E-state index contributed by atoms with van der Waals surface area (Å²) in [5.74, 6) is 0.617. The molecule has 0 saturated carbocycles. The van der Waals surface area contributed by atoms with E-state index in [-0.39, 0.29) is 0 Å². The summed E-state index contributed by atoms with van der Waals surface area (Å²) in [6, 6.07) is 10.6. The summed E-state index contributed by atoms with van der Waals surface area (Å²) < 4.78 is 13.3. The van der Waals surface area contributed by atoms with Gasteiger partial charge in [-0.25, -0.2) is 0 Å². The Hall–Kier alpha value is -2.57. The molecule has 0 atom stereocenters. The number of allylic oxidation sites excluding steroid dienone is 1. The number of amides is 1. The lowest BCUT2D eigenvalue weighted by Gasteiger charge is -2.07. The van der Waals surface area contributed by atoms with Gasteiger partial charge in [0.25, 0.3) is 5.91 Å². The molecule has 3 rings (SSSR count). The molecule has 7 heteroatoms. The Morgan fingerprint density at radius 1 is 1.31 bits per heavy atom. The molecule has 0 unspecified atom stereocenters. The Labute approximate surface area is 159 Å². The van der Waals surface area contributed by atoms with Crippen LogP contribution in [0.3, 0.4) is 0 Å². The molecule has 0 aliphatic heterocycles. The number of methoxy groups -OCH3 is 2. The molecule has 0 aliphatic rings. The topological polar surface area (TPSA) is 52.8 Å². The molecule has 1 heterocycles. The number of fused-ring (bicyclic) bond motifs is 1. The van der Waals surface area contributed by atoms with Gasteiger partial charge in [0, 0.05) is 12.6 Å². The second-order valence-electron chi connectivity index (χ2n) is 5.35. The van der Waals surface area contributed by atoms with Gasteiger partial charge in [0.15, 0.2) is 4.80 Å². The van der Waals surface area contributed by atoms with E-state index in [0.717, 1.165) is 10.2 Å². The van der Waals surface area contributed by atoms with Crippen LogP contribution in [-0.4, -0.2) is 24.7 Å². The third-order valence-corrected chi connectivity index (χ3v) is 5.15. The quantitative estimate of drug-likeness (QED) is 0.612. The lowest BCUT2D eigenvalue weighted by Crippen LogP contribution is -2.16. The first-order chi connectivity index (χ1) is 12.6. The number of benzene rings is 2. The van der Waals surface area contributed by atoms with Crippen LogP contribution in [0.2, 0.25) is 5.02 Å². The van der Waals surface area contributed by atoms with Crippen LogP contribution in [0.4, 0.5) is 0 Å². The molecule has 0 radical (unpaired) electrons. The van der Waals surface area contributed by atoms with E-state index in [0.29, 0.717) is 33.4 Å². The molecule has 1 aromatic heterocycles. The molecule has 0 fully saturated rings. The van der Waals surface area contributed by atoms with Gasteiger partial charge in [0.2, 0.25) is 0 Å². The summed E-state index contributed by atoms with van der Waals surface area (Å²) in [5.41, 5.74) is 1.20. The first kappa shape index (κ1) is 18.2. The molecule has 134 valence electrons. The Kier molecular flexibility index (Phi) is 5.44. The highest BCUT2D eigenvalue weighted by atomic mass is 35.5. The van der Waals surface area contributed by atoms with Crippen LogP contribution >= 0.6 is 22.9 Å². The lowest BCUT2D eigenvalue weighted by molar-refractivity contribution is 0.0995. The van der Waals surface area contributed by atoms with E-state index in [2.05, 4.69) is 11.6 Å². The molecule has 1 amide bonds. The molecule has 0 aliphatic carbocycles. The van der Waals surface area contributed by atoms with Gasteiger partial charge < -0.3 is 14.0 Å². The van der Waals surface area contributed by atoms with E-state index in [4.69, 9.17) is 21.1 Å². The zero-order chi connectivity index (χ0) is 18.7. The van der Waals surface area contributed by atoms with Crippen molar-refractivity contribution in [1.82, 2.24) is 4.57 Å². The summed E-state index contributed by atoms with van der Waals surface area (Å²) >= 11 is 7.74. The highest BCUT2D eigenvalue weighted by molar-refractivity contribution is 7.16. The smallest absolute Gasteiger partial charge is 0.283 e. The van der Waals surface area contributed by atoms with Crippen molar-refractivity contribution in [2.45, 2.75) is 6.54 Å². The van der Waals surface area contributed by atoms with Gasteiger partial charge in [0.1, 0.15) is 11.5 Å². The number of carbonyl (C=O) groups excluding carboxylic acids is 1. The first-order valence-electron chi connectivity index (χ1n) is 7.79. The summed E-state index contributed by atoms with van der Waals surface area (Å²) in [4.78, 5) is 17.6. The highest BCUT2D eigenvalue weighted by Gasteiger charge is 2.15. The Bertz CT molecular complexity index is 1050. The van der Waals surface area contributed by atoms with Crippen molar-refractivity contribution in [3.05, 3.63) is 64.4 Å². The van der Waals surface area contributed by atoms with Crippen molar-refractivity contribution in [1.29, 1.82) is 0 Å². The summed E-state index contributed by atoms with van der Waals surface area (Å²) in [6.07, 6.45) is 1.74. The molecule has 0 spiro atoms. The van der Waals surface area contributed by atoms with Gasteiger partial charge in [-0.05, 0) is 24.3 Å². The van der Waals surface area contributed by atoms with E-state index >= 15 is 0 Å². The van der Waals surface area contributed by atoms with Gasteiger partial charge in [-0.15, -0.1) is 6.58 Å². The maximum Gasteiger partial charge on any atom is 0.283 e. The number of carbonyl (C=O) groups is 1. The Morgan fingerprint density at radius 2 is 2.12 bits per heavy atom. The number of thiazole rings is 1. The number of nitrogens with zero attached hydrogens (tertiary/aromatic N) is 2. The predicted molar refractivity (Wildman–Crippen MR) is 104 cm³/mol. The number of para-hydroxylation sites is 1. The van der Waals surface area contributed by atoms with Gasteiger partial charge in [0.05, 0.1) is 35.0 Å². The fourth-order valence-corrected chi connectivity index (χ4v) is 3.99. The lowest BCUT2D eigenvalue weighted by atomic mass is 10.2. The van der Waals surface area contributed by atoms with Crippen LogP contribution in [-0.2, 0) is 6.54 Å². The van der Waals surface area contributed by atoms with Crippen molar-refractivity contribution < 1.29 is 14.3 Å². The maximum atomic E-state index is 12.8. The largest absolute Gasteiger partial charge is 0.497 e. The molecular weight excluding hydrogens is 372 g/mol. The molecule has 5 nitrogen and oxygen atoms in total. The van der Waals surface area contributed by atoms with Crippen LogP contribution in [0, 0.1) is 0 Å². The Balaban J connectivity index is 2.16. The fourth-order valence-electron chi connectivity index (χ4n) is 2.59. The van der Waals surface area contributed by atoms with Crippen LogP contribution in [0.5, 0.6) is 11.5 Å². The second kappa shape index (κ2) is 7.76. The van der Waals surface area contributed by atoms with Crippen molar-refractivity contribution in [3.8, 4) is 11.5 Å². The summed E-state index contributed by atoms with van der Waals surface area (Å²) in [6.45, 7) is 4.27. The number of rotatable bonds is 5. The normalized spacial score (nSPS) is 11.6. The van der Waals surface area contributed by atoms with E-state index in [1.54, 1.807) is 31.4 Å². The standard InChI is InChI=1S/C19H17ClN2O3S/c1-4-10-22-17-14(20)6-5-7-16(17)26-19(22)21-18(23)13-9-8-12(24-2)11-15(13)25-3/h4-9,11H,1,10H2,2-3H3. The zero-order valence-corrected chi connectivity index (χ0v) is 15.9. The monoisotopic (exact) mass is 388 g/mol. The SMILES string of the molecule is C=CCn1c(=NC(=O)c2ccc(OC)cc2OC)sc2cccc(Cl)c21. The van der Waals surface area contributed by atoms with Crippen molar-refractivity contribution in [3.63, 3.8) is 0 Å². The predicted octanol–water partition coefficient (Wildman–Crippen LogP) is 4.30. The third-order valence-electron chi connectivity index (χ3n) is 3.80. The minimum Gasteiger partial charge on any atom is -0.497 e. The van der Waals surface area contributed by atoms with Crippen molar-refractivity contribution >= 4 is 39.1 Å². The van der Waals surface area contributed by atoms with Gasteiger partial charge in [-0.1, -0.05) is 35.1 Å². The maximum absolute atomic E-state index is 12.8. The summed E-state index contributed by atoms with van der Waals surface area (Å²) in [7, 11) is 3.06. The van der Waals surface area contributed by atoms with Crippen molar-refractivity contribution in [2.75, 3.05) is 14.2 Å². The average molecular weight is 389 g/mol. The second-order valence-corrected chi connectivity index (χ2v) is 6.77.